The van der Waals surface area contributed by atoms with Gasteiger partial charge in [0.2, 0.25) is 0 Å². The van der Waals surface area contributed by atoms with E-state index < -0.39 is 15.6 Å². The van der Waals surface area contributed by atoms with Crippen molar-refractivity contribution in [3.63, 3.8) is 0 Å². The van der Waals surface area contributed by atoms with Crippen LogP contribution in [0.25, 0.3) is 0 Å². The van der Waals surface area contributed by atoms with E-state index in [4.69, 9.17) is 10.0 Å². The molecule has 0 atom stereocenters. The first-order chi connectivity index (χ1) is 10.9. The van der Waals surface area contributed by atoms with Gasteiger partial charge < -0.3 is 15.5 Å². The fourth-order valence-corrected chi connectivity index (χ4v) is 4.89. The second-order valence-corrected chi connectivity index (χ2v) is 7.05. The molecule has 6 heteroatoms. The molecule has 0 heterocycles. The molecular weight excluding hydrogens is 346 g/mol. The molecule has 117 valence electrons. The van der Waals surface area contributed by atoms with Gasteiger partial charge in [-0.3, -0.25) is 0 Å². The fraction of sp³-hybridized carbons (Fsp3) is 0. The van der Waals surface area contributed by atoms with Crippen molar-refractivity contribution in [3.05, 3.63) is 91.0 Å². The van der Waals surface area contributed by atoms with E-state index in [0.717, 1.165) is 0 Å². The van der Waals surface area contributed by atoms with Gasteiger partial charge in [-0.2, -0.15) is 0 Å². The molecule has 3 rings (SSSR count). The summed E-state index contributed by atoms with van der Waals surface area (Å²) in [6, 6.07) is 32.5. The number of rotatable bonds is 3. The van der Waals surface area contributed by atoms with Crippen LogP contribution in [0.15, 0.2) is 91.0 Å². The van der Waals surface area contributed by atoms with Crippen LogP contribution in [0.3, 0.4) is 0 Å². The molecule has 3 aromatic rings. The molecule has 0 saturated heterocycles. The molecule has 0 fully saturated rings. The third-order valence-corrected chi connectivity index (χ3v) is 5.92. The molecule has 0 aromatic heterocycles. The Morgan fingerprint density at radius 2 is 0.750 bits per heavy atom. The molecule has 0 spiro atoms. The zero-order chi connectivity index (χ0) is 15.6. The summed E-state index contributed by atoms with van der Waals surface area (Å²) >= 11 is 0. The summed E-state index contributed by atoms with van der Waals surface area (Å²) in [5, 5.41) is 20.8. The summed E-state index contributed by atoms with van der Waals surface area (Å²) in [5.74, 6) is 0. The first-order valence-electron chi connectivity index (χ1n) is 6.95. The maximum atomic E-state index is 8.25. The minimum absolute atomic E-state index is 0. The van der Waals surface area contributed by atoms with Gasteiger partial charge in [-0.1, -0.05) is 54.6 Å². The minimum Gasteiger partial charge on any atom is -0.900 e. The normalized spacial score (nSPS) is 8.96. The topological polar surface area (TPSA) is 76.1 Å². The fourth-order valence-electron chi connectivity index (χ4n) is 2.31. The van der Waals surface area contributed by atoms with Crippen molar-refractivity contribution in [1.29, 1.82) is 0 Å². The van der Waals surface area contributed by atoms with E-state index >= 15 is 0 Å². The second-order valence-electron chi connectivity index (χ2n) is 4.57. The second kappa shape index (κ2) is 13.6. The van der Waals surface area contributed by atoms with Crippen molar-refractivity contribution >= 4 is 69.3 Å². The monoisotopic (exact) mass is 363 g/mol. The average molecular weight is 363 g/mol. The summed E-state index contributed by atoms with van der Waals surface area (Å²) in [5.41, 5.74) is 0. The predicted molar refractivity (Wildman–Crippen MR) is 100.0 cm³/mol. The molecule has 0 amide bonds. The molecule has 1 radical (unpaired) electrons. The third kappa shape index (κ3) is 7.04. The van der Waals surface area contributed by atoms with Gasteiger partial charge in [-0.15, -0.1) is 0 Å². The van der Waals surface area contributed by atoms with Crippen molar-refractivity contribution < 1.29 is 15.5 Å². The molecule has 3 aromatic carbocycles. The summed E-state index contributed by atoms with van der Waals surface area (Å²) in [7, 11) is -1.38. The van der Waals surface area contributed by atoms with Crippen LogP contribution in [0, 0.1) is 0 Å². The van der Waals surface area contributed by atoms with E-state index in [2.05, 4.69) is 91.0 Å². The Morgan fingerprint density at radius 1 is 0.542 bits per heavy atom. The Kier molecular flexibility index (Phi) is 13.2. The average Bonchev–Trinajstić information content (AvgIpc) is 2.59. The zero-order valence-corrected chi connectivity index (χ0v) is 16.4. The molecule has 0 unspecified atom stereocenters. The summed E-state index contributed by atoms with van der Waals surface area (Å²) in [4.78, 5) is 0. The molecule has 0 aliphatic carbocycles. The smallest absolute Gasteiger partial charge is 0.900 e. The molecule has 0 aliphatic rings. The summed E-state index contributed by atoms with van der Waals surface area (Å²) in [6.45, 7) is 0. The number of hydrogen-bond acceptors (Lipinski definition) is 3. The van der Waals surface area contributed by atoms with Crippen LogP contribution in [0.5, 0.6) is 0 Å². The Balaban J connectivity index is 0.000000988. The Morgan fingerprint density at radius 3 is 0.958 bits per heavy atom. The summed E-state index contributed by atoms with van der Waals surface area (Å²) < 4.78 is 0. The van der Waals surface area contributed by atoms with Gasteiger partial charge in [-0.25, -0.2) is 7.69 Å². The van der Waals surface area contributed by atoms with E-state index in [-0.39, 0.29) is 43.2 Å². The standard InChI is InChI=1S/C18H15P.BO2.Ca.H2O/c1-4-10-16(11-5-1)19(17-12-6-2-7-13-17)18-14-8-3-9-15-18;2-1-3;;/h1-15H;;;1H2/q;-2;+2;. The van der Waals surface area contributed by atoms with Crippen LogP contribution in [0.2, 0.25) is 0 Å². The van der Waals surface area contributed by atoms with Crippen molar-refractivity contribution in [2.45, 2.75) is 0 Å². The van der Waals surface area contributed by atoms with Gasteiger partial charge in [0.05, 0.1) is 7.92 Å². The van der Waals surface area contributed by atoms with E-state index in [9.17, 15) is 0 Å². The van der Waals surface area contributed by atoms with Gasteiger partial charge in [-0.05, 0) is 36.4 Å². The largest absolute Gasteiger partial charge is 2.00 e. The molecule has 0 saturated carbocycles. The molecule has 1 N–H and O–H groups in total. The van der Waals surface area contributed by atoms with Gasteiger partial charge in [0.1, 0.15) is 15.9 Å². The molecule has 24 heavy (non-hydrogen) atoms. The van der Waals surface area contributed by atoms with Gasteiger partial charge in [0.25, 0.3) is 0 Å². The third-order valence-electron chi connectivity index (χ3n) is 3.19. The maximum Gasteiger partial charge on any atom is 2.00 e. The maximum absolute atomic E-state index is 8.25. The van der Waals surface area contributed by atoms with Crippen molar-refractivity contribution in [3.8, 4) is 0 Å². The summed E-state index contributed by atoms with van der Waals surface area (Å²) in [6.07, 6.45) is 0. The van der Waals surface area contributed by atoms with Gasteiger partial charge >= 0.3 is 37.7 Å². The van der Waals surface area contributed by atoms with Crippen molar-refractivity contribution in [2.24, 2.45) is 0 Å². The van der Waals surface area contributed by atoms with Crippen molar-refractivity contribution in [1.82, 2.24) is 0 Å². The molecule has 0 aliphatic heterocycles. The van der Waals surface area contributed by atoms with Crippen molar-refractivity contribution in [2.75, 3.05) is 0 Å². The van der Waals surface area contributed by atoms with Crippen LogP contribution >= 0.6 is 7.92 Å². The van der Waals surface area contributed by atoms with Crippen LogP contribution in [-0.2, 0) is 0 Å². The first kappa shape index (κ1) is 23.3. The first-order valence-corrected chi connectivity index (χ1v) is 8.45. The number of hydrogen-bond donors (Lipinski definition) is 0. The van der Waals surface area contributed by atoms with E-state index in [1.54, 1.807) is 0 Å². The zero-order valence-electron chi connectivity index (χ0n) is 13.2. The van der Waals surface area contributed by atoms with Crippen LogP contribution in [0.1, 0.15) is 0 Å². The van der Waals surface area contributed by atoms with Crippen LogP contribution < -0.4 is 26.0 Å². The molecule has 0 bridgehead atoms. The Bertz CT molecular complexity index is 563. The Labute approximate surface area is 174 Å². The van der Waals surface area contributed by atoms with Gasteiger partial charge in [0.15, 0.2) is 0 Å². The van der Waals surface area contributed by atoms with E-state index in [1.807, 2.05) is 0 Å². The Hall–Kier alpha value is -0.705. The predicted octanol–water partition coefficient (Wildman–Crippen LogP) is -0.139. The van der Waals surface area contributed by atoms with Crippen LogP contribution in [0.4, 0.5) is 0 Å². The van der Waals surface area contributed by atoms with E-state index in [1.165, 1.54) is 15.9 Å². The minimum atomic E-state index is -0.877. The SMILES string of the molecule is [Ca+2].[O-][B][O-].[OH-].c1ccc([PH+](c2ccccc2)c2ccccc2)cc1. The molecular formula is C18H17BCaO3P. The van der Waals surface area contributed by atoms with Gasteiger partial charge in [0, 0.05) is 0 Å². The number of benzene rings is 3. The van der Waals surface area contributed by atoms with E-state index in [0.29, 0.717) is 0 Å². The molecule has 3 nitrogen and oxygen atoms in total. The quantitative estimate of drug-likeness (QED) is 0.480. The van der Waals surface area contributed by atoms with Crippen LogP contribution in [-0.4, -0.2) is 50.9 Å².